The zero-order valence-electron chi connectivity index (χ0n) is 11.4. The molecular weight excluding hydrogens is 244 g/mol. The smallest absolute Gasteiger partial charge is 0.160 e. The molecule has 0 aliphatic heterocycles. The van der Waals surface area contributed by atoms with Gasteiger partial charge in [0.2, 0.25) is 0 Å². The largest absolute Gasteiger partial charge is 0.493 e. The Balaban J connectivity index is 2.10. The van der Waals surface area contributed by atoms with Gasteiger partial charge in [-0.2, -0.15) is 11.8 Å². The molecule has 0 spiro atoms. The normalized spacial score (nSPS) is 23.1. The number of pyridine rings is 1. The summed E-state index contributed by atoms with van der Waals surface area (Å²) in [7, 11) is 1.70. The SMILES string of the molecule is CCSC1CCCC1Nc1cc(C)ncc1OC. The fraction of sp³-hybridized carbons (Fsp3) is 0.643. The van der Waals surface area contributed by atoms with Crippen LogP contribution < -0.4 is 10.1 Å². The van der Waals surface area contributed by atoms with E-state index in [0.717, 1.165) is 22.4 Å². The van der Waals surface area contributed by atoms with Crippen LogP contribution in [0.5, 0.6) is 5.75 Å². The van der Waals surface area contributed by atoms with E-state index in [9.17, 15) is 0 Å². The van der Waals surface area contributed by atoms with Crippen LogP contribution in [0.1, 0.15) is 31.9 Å². The standard InChI is InChI=1S/C14H22N2OS/c1-4-18-14-7-5-6-11(14)16-12-8-10(2)15-9-13(12)17-3/h8-9,11,14H,4-7H2,1-3H3,(H,15,16). The van der Waals surface area contributed by atoms with Gasteiger partial charge >= 0.3 is 0 Å². The predicted molar refractivity (Wildman–Crippen MR) is 78.7 cm³/mol. The molecular formula is C14H22N2OS. The van der Waals surface area contributed by atoms with Crippen molar-refractivity contribution in [3.63, 3.8) is 0 Å². The molecule has 2 rings (SSSR count). The van der Waals surface area contributed by atoms with Gasteiger partial charge in [-0.25, -0.2) is 0 Å². The van der Waals surface area contributed by atoms with Gasteiger partial charge in [0.1, 0.15) is 0 Å². The molecule has 1 aliphatic carbocycles. The van der Waals surface area contributed by atoms with Gasteiger partial charge in [0.25, 0.3) is 0 Å². The van der Waals surface area contributed by atoms with E-state index in [4.69, 9.17) is 4.74 Å². The summed E-state index contributed by atoms with van der Waals surface area (Å²) in [5, 5.41) is 4.38. The van der Waals surface area contributed by atoms with Gasteiger partial charge in [0.05, 0.1) is 19.0 Å². The molecule has 2 unspecified atom stereocenters. The summed E-state index contributed by atoms with van der Waals surface area (Å²) in [6, 6.07) is 2.64. The molecule has 1 aromatic rings. The Morgan fingerprint density at radius 1 is 1.50 bits per heavy atom. The van der Waals surface area contributed by atoms with Crippen LogP contribution >= 0.6 is 11.8 Å². The van der Waals surface area contributed by atoms with E-state index in [1.54, 1.807) is 13.3 Å². The summed E-state index contributed by atoms with van der Waals surface area (Å²) in [6.45, 7) is 4.24. The first-order valence-corrected chi connectivity index (χ1v) is 7.68. The number of hydrogen-bond acceptors (Lipinski definition) is 4. The highest BCUT2D eigenvalue weighted by molar-refractivity contribution is 7.99. The Labute approximate surface area is 114 Å². The molecule has 1 saturated carbocycles. The summed E-state index contributed by atoms with van der Waals surface area (Å²) < 4.78 is 5.37. The summed E-state index contributed by atoms with van der Waals surface area (Å²) >= 11 is 2.06. The highest BCUT2D eigenvalue weighted by Crippen LogP contribution is 2.34. The quantitative estimate of drug-likeness (QED) is 0.884. The van der Waals surface area contributed by atoms with E-state index in [2.05, 4.69) is 35.1 Å². The van der Waals surface area contributed by atoms with Crippen molar-refractivity contribution in [2.45, 2.75) is 44.4 Å². The number of aromatic nitrogens is 1. The molecule has 0 saturated heterocycles. The number of aryl methyl sites for hydroxylation is 1. The second kappa shape index (κ2) is 6.32. The summed E-state index contributed by atoms with van der Waals surface area (Å²) in [5.74, 6) is 2.03. The lowest BCUT2D eigenvalue weighted by Crippen LogP contribution is -2.26. The molecule has 18 heavy (non-hydrogen) atoms. The van der Waals surface area contributed by atoms with E-state index >= 15 is 0 Å². The van der Waals surface area contributed by atoms with Crippen LogP contribution in [-0.2, 0) is 0 Å². The van der Waals surface area contributed by atoms with Crippen LogP contribution in [0, 0.1) is 6.92 Å². The minimum atomic E-state index is 0.561. The molecule has 0 radical (unpaired) electrons. The Hall–Kier alpha value is -0.900. The second-order valence-electron chi connectivity index (χ2n) is 4.70. The zero-order valence-corrected chi connectivity index (χ0v) is 12.2. The lowest BCUT2D eigenvalue weighted by Gasteiger charge is -2.22. The Morgan fingerprint density at radius 3 is 3.06 bits per heavy atom. The number of anilines is 1. The number of nitrogens with one attached hydrogen (secondary N) is 1. The molecule has 0 amide bonds. The van der Waals surface area contributed by atoms with Gasteiger partial charge in [-0.05, 0) is 31.6 Å². The topological polar surface area (TPSA) is 34.2 Å². The molecule has 1 fully saturated rings. The number of rotatable bonds is 5. The monoisotopic (exact) mass is 266 g/mol. The van der Waals surface area contributed by atoms with Crippen LogP contribution in [0.2, 0.25) is 0 Å². The van der Waals surface area contributed by atoms with E-state index in [1.165, 1.54) is 25.0 Å². The van der Waals surface area contributed by atoms with Gasteiger partial charge in [0.15, 0.2) is 5.75 Å². The maximum Gasteiger partial charge on any atom is 0.160 e. The van der Waals surface area contributed by atoms with Crippen molar-refractivity contribution in [2.75, 3.05) is 18.2 Å². The minimum absolute atomic E-state index is 0.561. The molecule has 0 aromatic carbocycles. The minimum Gasteiger partial charge on any atom is -0.493 e. The average Bonchev–Trinajstić information content (AvgIpc) is 2.78. The first-order chi connectivity index (χ1) is 8.74. The van der Waals surface area contributed by atoms with Gasteiger partial charge in [-0.1, -0.05) is 13.3 Å². The Kier molecular flexibility index (Phi) is 4.75. The van der Waals surface area contributed by atoms with Crippen molar-refractivity contribution in [3.05, 3.63) is 18.0 Å². The number of nitrogens with zero attached hydrogens (tertiary/aromatic N) is 1. The van der Waals surface area contributed by atoms with Gasteiger partial charge < -0.3 is 10.1 Å². The highest BCUT2D eigenvalue weighted by Gasteiger charge is 2.27. The van der Waals surface area contributed by atoms with Gasteiger partial charge in [-0.15, -0.1) is 0 Å². The second-order valence-corrected chi connectivity index (χ2v) is 6.22. The van der Waals surface area contributed by atoms with Gasteiger partial charge in [-0.3, -0.25) is 4.98 Å². The van der Waals surface area contributed by atoms with Crippen LogP contribution in [-0.4, -0.2) is 29.1 Å². The van der Waals surface area contributed by atoms with Crippen molar-refractivity contribution in [2.24, 2.45) is 0 Å². The highest BCUT2D eigenvalue weighted by atomic mass is 32.2. The third-order valence-electron chi connectivity index (χ3n) is 3.40. The molecule has 3 nitrogen and oxygen atoms in total. The summed E-state index contributed by atoms with van der Waals surface area (Å²) in [6.07, 6.45) is 5.70. The maximum absolute atomic E-state index is 5.37. The van der Waals surface area contributed by atoms with E-state index in [1.807, 2.05) is 6.92 Å². The molecule has 1 N–H and O–H groups in total. The number of ether oxygens (including phenoxy) is 1. The number of methoxy groups -OCH3 is 1. The van der Waals surface area contributed by atoms with Crippen LogP contribution in [0.3, 0.4) is 0 Å². The molecule has 100 valence electrons. The molecule has 1 heterocycles. The third-order valence-corrected chi connectivity index (χ3v) is 4.72. The van der Waals surface area contributed by atoms with Crippen LogP contribution in [0.4, 0.5) is 5.69 Å². The molecule has 0 bridgehead atoms. The molecule has 1 aliphatic rings. The average molecular weight is 266 g/mol. The zero-order chi connectivity index (χ0) is 13.0. The van der Waals surface area contributed by atoms with E-state index in [0.29, 0.717) is 6.04 Å². The fourth-order valence-electron chi connectivity index (χ4n) is 2.53. The first kappa shape index (κ1) is 13.5. The molecule has 1 aromatic heterocycles. The molecule has 2 atom stereocenters. The van der Waals surface area contributed by atoms with Crippen molar-refractivity contribution < 1.29 is 4.74 Å². The van der Waals surface area contributed by atoms with Crippen LogP contribution in [0.25, 0.3) is 0 Å². The maximum atomic E-state index is 5.37. The summed E-state index contributed by atoms with van der Waals surface area (Å²) in [5.41, 5.74) is 2.11. The Morgan fingerprint density at radius 2 is 2.33 bits per heavy atom. The number of thioether (sulfide) groups is 1. The van der Waals surface area contributed by atoms with E-state index in [-0.39, 0.29) is 0 Å². The summed E-state index contributed by atoms with van der Waals surface area (Å²) in [4.78, 5) is 4.27. The van der Waals surface area contributed by atoms with Crippen LogP contribution in [0.15, 0.2) is 12.3 Å². The predicted octanol–water partition coefficient (Wildman–Crippen LogP) is 3.48. The fourth-order valence-corrected chi connectivity index (χ4v) is 3.73. The lowest BCUT2D eigenvalue weighted by atomic mass is 10.2. The third kappa shape index (κ3) is 3.10. The Bertz CT molecular complexity index is 397. The lowest BCUT2D eigenvalue weighted by molar-refractivity contribution is 0.414. The molecule has 4 heteroatoms. The number of hydrogen-bond donors (Lipinski definition) is 1. The first-order valence-electron chi connectivity index (χ1n) is 6.63. The van der Waals surface area contributed by atoms with Crippen molar-refractivity contribution >= 4 is 17.4 Å². The van der Waals surface area contributed by atoms with Crippen molar-refractivity contribution in [1.82, 2.24) is 4.98 Å². The van der Waals surface area contributed by atoms with E-state index < -0.39 is 0 Å². The van der Waals surface area contributed by atoms with Crippen molar-refractivity contribution in [1.29, 1.82) is 0 Å². The van der Waals surface area contributed by atoms with Gasteiger partial charge in [0, 0.05) is 17.0 Å². The van der Waals surface area contributed by atoms with Crippen molar-refractivity contribution in [3.8, 4) is 5.75 Å².